The number of anilines is 1. The van der Waals surface area contributed by atoms with Gasteiger partial charge in [0.15, 0.2) is 5.13 Å². The van der Waals surface area contributed by atoms with Crippen LogP contribution in [0.15, 0.2) is 24.4 Å². The summed E-state index contributed by atoms with van der Waals surface area (Å²) in [6.45, 7) is 1.98. The van der Waals surface area contributed by atoms with Gasteiger partial charge in [-0.3, -0.25) is 9.78 Å². The van der Waals surface area contributed by atoms with Gasteiger partial charge in [0.25, 0.3) is 0 Å². The summed E-state index contributed by atoms with van der Waals surface area (Å²) in [6, 6.07) is 5.87. The first-order chi connectivity index (χ1) is 12.4. The van der Waals surface area contributed by atoms with E-state index in [1.165, 1.54) is 30.6 Å². The van der Waals surface area contributed by atoms with Gasteiger partial charge in [0.2, 0.25) is 5.91 Å². The molecule has 136 valence electrons. The van der Waals surface area contributed by atoms with Gasteiger partial charge in [0.1, 0.15) is 0 Å². The Hall–Kier alpha value is -1.27. The summed E-state index contributed by atoms with van der Waals surface area (Å²) in [7, 11) is 0. The van der Waals surface area contributed by atoms with Gasteiger partial charge in [0.05, 0.1) is 21.7 Å². The van der Waals surface area contributed by atoms with Crippen molar-refractivity contribution < 1.29 is 4.79 Å². The number of alkyl halides is 1. The summed E-state index contributed by atoms with van der Waals surface area (Å²) in [6.07, 6.45) is 8.62. The van der Waals surface area contributed by atoms with E-state index in [1.807, 2.05) is 25.1 Å². The minimum atomic E-state index is -0.210. The lowest BCUT2D eigenvalue weighted by Gasteiger charge is -2.59. The van der Waals surface area contributed by atoms with Crippen LogP contribution in [0.1, 0.15) is 44.2 Å². The molecular weight excluding hydrogens is 410 g/mol. The molecule has 2 aromatic rings. The first-order valence-corrected chi connectivity index (χ1v) is 10.9. The third kappa shape index (κ3) is 2.73. The van der Waals surface area contributed by atoms with Crippen molar-refractivity contribution in [3.63, 3.8) is 0 Å². The van der Waals surface area contributed by atoms with Crippen LogP contribution in [0.3, 0.4) is 0 Å². The average molecular weight is 432 g/mol. The van der Waals surface area contributed by atoms with Crippen molar-refractivity contribution in [1.82, 2.24) is 9.97 Å². The first-order valence-electron chi connectivity index (χ1n) is 9.34. The van der Waals surface area contributed by atoms with Gasteiger partial charge in [0, 0.05) is 10.5 Å². The van der Waals surface area contributed by atoms with E-state index in [2.05, 4.69) is 31.2 Å². The van der Waals surface area contributed by atoms with Gasteiger partial charge < -0.3 is 5.32 Å². The topological polar surface area (TPSA) is 54.9 Å². The fraction of sp³-hybridized carbons (Fsp3) is 0.550. The van der Waals surface area contributed by atoms with Gasteiger partial charge in [-0.2, -0.15) is 0 Å². The molecule has 4 nitrogen and oxygen atoms in total. The molecule has 0 aliphatic heterocycles. The second-order valence-electron chi connectivity index (χ2n) is 8.49. The number of nitrogens with one attached hydrogen (secondary N) is 1. The molecule has 4 bridgehead atoms. The lowest BCUT2D eigenvalue weighted by molar-refractivity contribution is -0.138. The normalized spacial score (nSPS) is 34.8. The van der Waals surface area contributed by atoms with E-state index in [9.17, 15) is 4.79 Å². The Labute approximate surface area is 166 Å². The Morgan fingerprint density at radius 1 is 1.27 bits per heavy atom. The van der Waals surface area contributed by atoms with E-state index in [-0.39, 0.29) is 15.6 Å². The zero-order chi connectivity index (χ0) is 17.9. The molecule has 26 heavy (non-hydrogen) atoms. The van der Waals surface area contributed by atoms with Crippen LogP contribution in [-0.4, -0.2) is 20.2 Å². The Kier molecular flexibility index (Phi) is 3.80. The predicted octanol–water partition coefficient (Wildman–Crippen LogP) is 5.19. The predicted molar refractivity (Wildman–Crippen MR) is 107 cm³/mol. The summed E-state index contributed by atoms with van der Waals surface area (Å²) in [5, 5.41) is 3.87. The molecular formula is C20H22BrN3OS. The number of amides is 1. The van der Waals surface area contributed by atoms with Crippen molar-refractivity contribution in [1.29, 1.82) is 0 Å². The number of hydrogen-bond acceptors (Lipinski definition) is 4. The minimum Gasteiger partial charge on any atom is -0.301 e. The van der Waals surface area contributed by atoms with Crippen molar-refractivity contribution in [2.75, 3.05) is 5.32 Å². The van der Waals surface area contributed by atoms with Crippen molar-refractivity contribution >= 4 is 38.3 Å². The number of hydrogen-bond donors (Lipinski definition) is 1. The molecule has 0 saturated heterocycles. The van der Waals surface area contributed by atoms with E-state index in [4.69, 9.17) is 0 Å². The van der Waals surface area contributed by atoms with Crippen LogP contribution < -0.4 is 5.32 Å². The number of thiazole rings is 1. The van der Waals surface area contributed by atoms with Crippen LogP contribution in [0, 0.1) is 24.2 Å². The minimum absolute atomic E-state index is 0.178. The Bertz CT molecular complexity index is 851. The Balaban J connectivity index is 1.40. The van der Waals surface area contributed by atoms with Crippen molar-refractivity contribution in [2.24, 2.45) is 17.3 Å². The average Bonchev–Trinajstić information content (AvgIpc) is 2.94. The van der Waals surface area contributed by atoms with E-state index < -0.39 is 0 Å². The maximum atomic E-state index is 13.3. The molecule has 4 saturated carbocycles. The smallest absolute Gasteiger partial charge is 0.232 e. The molecule has 6 rings (SSSR count). The Morgan fingerprint density at radius 3 is 2.69 bits per heavy atom. The number of nitrogens with zero attached hydrogens (tertiary/aromatic N) is 2. The van der Waals surface area contributed by atoms with Crippen LogP contribution in [0.4, 0.5) is 5.13 Å². The summed E-state index contributed by atoms with van der Waals surface area (Å²) >= 11 is 5.52. The maximum Gasteiger partial charge on any atom is 0.232 e. The molecule has 0 unspecified atom stereocenters. The second kappa shape index (κ2) is 5.86. The molecule has 0 spiro atoms. The zero-order valence-corrected chi connectivity index (χ0v) is 17.2. The van der Waals surface area contributed by atoms with Crippen LogP contribution in [0.5, 0.6) is 0 Å². The highest BCUT2D eigenvalue weighted by Crippen LogP contribution is 2.64. The fourth-order valence-corrected chi connectivity index (χ4v) is 8.22. The molecule has 1 amide bonds. The highest BCUT2D eigenvalue weighted by molar-refractivity contribution is 9.10. The van der Waals surface area contributed by atoms with Gasteiger partial charge in [-0.25, -0.2) is 4.98 Å². The highest BCUT2D eigenvalue weighted by Gasteiger charge is 2.59. The number of pyridine rings is 1. The number of carbonyl (C=O) groups is 1. The van der Waals surface area contributed by atoms with Crippen molar-refractivity contribution in [3.05, 3.63) is 30.1 Å². The third-order valence-electron chi connectivity index (χ3n) is 6.39. The van der Waals surface area contributed by atoms with Gasteiger partial charge in [-0.15, -0.1) is 0 Å². The molecule has 6 heteroatoms. The molecule has 4 aliphatic carbocycles. The van der Waals surface area contributed by atoms with Crippen molar-refractivity contribution in [2.45, 2.75) is 49.8 Å². The summed E-state index contributed by atoms with van der Waals surface area (Å²) in [5.41, 5.74) is 1.63. The second-order valence-corrected chi connectivity index (χ2v) is 11.2. The standard InChI is InChI=1S/C20H22BrN3OS/c1-12-16(15-4-2-3-5-22-15)26-18(23-12)24-17(25)19-7-13-6-14(8-19)10-20(21,9-13)11-19/h2-5,13-14H,6-11H2,1H3,(H,23,24,25)/t13-,14-,19?,20?/m1/s1. The van der Waals surface area contributed by atoms with Gasteiger partial charge in [-0.05, 0) is 69.4 Å². The van der Waals surface area contributed by atoms with Crippen LogP contribution >= 0.6 is 27.3 Å². The molecule has 4 fully saturated rings. The zero-order valence-electron chi connectivity index (χ0n) is 14.8. The largest absolute Gasteiger partial charge is 0.301 e. The summed E-state index contributed by atoms with van der Waals surface area (Å²) in [4.78, 5) is 23.3. The molecule has 2 heterocycles. The summed E-state index contributed by atoms with van der Waals surface area (Å²) in [5.74, 6) is 1.57. The number of carbonyl (C=O) groups excluding carboxylic acids is 1. The molecule has 4 aliphatic rings. The van der Waals surface area contributed by atoms with Crippen LogP contribution in [-0.2, 0) is 4.79 Å². The highest BCUT2D eigenvalue weighted by atomic mass is 79.9. The Morgan fingerprint density at radius 2 is 2.04 bits per heavy atom. The van der Waals surface area contributed by atoms with Crippen LogP contribution in [0.25, 0.3) is 10.6 Å². The van der Waals surface area contributed by atoms with E-state index in [0.29, 0.717) is 17.0 Å². The van der Waals surface area contributed by atoms with E-state index in [1.54, 1.807) is 6.20 Å². The first kappa shape index (κ1) is 16.9. The molecule has 2 atom stereocenters. The number of rotatable bonds is 3. The number of aryl methyl sites for hydroxylation is 1. The maximum absolute atomic E-state index is 13.3. The van der Waals surface area contributed by atoms with Crippen molar-refractivity contribution in [3.8, 4) is 10.6 Å². The molecule has 0 aromatic carbocycles. The van der Waals surface area contributed by atoms with E-state index >= 15 is 0 Å². The SMILES string of the molecule is Cc1nc(NC(=O)C23C[C@H]4C[C@@H](CC(Br)(C4)C2)C3)sc1-c1ccccn1. The van der Waals surface area contributed by atoms with E-state index in [0.717, 1.165) is 35.5 Å². The molecule has 2 aromatic heterocycles. The van der Waals surface area contributed by atoms with Gasteiger partial charge >= 0.3 is 0 Å². The summed E-state index contributed by atoms with van der Waals surface area (Å²) < 4.78 is 0.187. The fourth-order valence-electron chi connectivity index (χ4n) is 5.83. The lowest BCUT2D eigenvalue weighted by atomic mass is 9.49. The van der Waals surface area contributed by atoms with Crippen LogP contribution in [0.2, 0.25) is 0 Å². The molecule has 0 radical (unpaired) electrons. The number of halogens is 1. The molecule has 1 N–H and O–H groups in total. The number of aromatic nitrogens is 2. The quantitative estimate of drug-likeness (QED) is 0.680. The lowest BCUT2D eigenvalue weighted by Crippen LogP contribution is -2.57. The monoisotopic (exact) mass is 431 g/mol. The third-order valence-corrected chi connectivity index (χ3v) is 8.41. The van der Waals surface area contributed by atoms with Gasteiger partial charge in [-0.1, -0.05) is 33.3 Å².